The van der Waals surface area contributed by atoms with Crippen LogP contribution in [0.2, 0.25) is 0 Å². The fourth-order valence-electron chi connectivity index (χ4n) is 3.08. The second kappa shape index (κ2) is 6.87. The topological polar surface area (TPSA) is 100.0 Å². The number of methoxy groups -OCH3 is 1. The number of carbonyl (C=O) groups excluding carboxylic acids is 2. The number of ether oxygens (including phenoxy) is 1. The number of benzene rings is 1. The number of aliphatic hydroxyl groups is 1. The van der Waals surface area contributed by atoms with E-state index >= 15 is 0 Å². The molecule has 0 radical (unpaired) electrons. The maximum absolute atomic E-state index is 12.6. The molecule has 7 heteroatoms. The van der Waals surface area contributed by atoms with Gasteiger partial charge in [0, 0.05) is 18.9 Å². The number of carbonyl (C=O) groups is 2. The maximum Gasteiger partial charge on any atom is 0.290 e. The molecular formula is C19H18N2O5. The van der Waals surface area contributed by atoms with Gasteiger partial charge in [-0.1, -0.05) is 12.1 Å². The number of rotatable bonds is 5. The molecule has 0 unspecified atom stereocenters. The van der Waals surface area contributed by atoms with Crippen molar-refractivity contribution in [2.45, 2.75) is 19.5 Å². The summed E-state index contributed by atoms with van der Waals surface area (Å²) < 4.78 is 5.12. The first-order valence-electron chi connectivity index (χ1n) is 7.95. The lowest BCUT2D eigenvalue weighted by molar-refractivity contribution is -0.130. The smallest absolute Gasteiger partial charge is 0.290 e. The number of aromatic nitrogens is 1. The molecule has 26 heavy (non-hydrogen) atoms. The molecule has 1 aliphatic rings. The number of aliphatic hydroxyl groups excluding tert-OH is 1. The number of phenolic OH excluding ortho intramolecular Hbond substituents is 1. The molecule has 0 bridgehead atoms. The molecule has 0 saturated carbocycles. The first-order chi connectivity index (χ1) is 12.4. The summed E-state index contributed by atoms with van der Waals surface area (Å²) in [7, 11) is 1.41. The van der Waals surface area contributed by atoms with Crippen molar-refractivity contribution >= 4 is 11.7 Å². The quantitative estimate of drug-likeness (QED) is 0.854. The van der Waals surface area contributed by atoms with Crippen LogP contribution in [0.25, 0.3) is 0 Å². The van der Waals surface area contributed by atoms with Crippen molar-refractivity contribution in [1.29, 1.82) is 0 Å². The number of ketones is 1. The standard InChI is InChI=1S/C19H18N2O5/c1-11(22)16-17(13-5-6-14(23)15(8-13)26-2)21(19(25)18(16)24)10-12-4-3-7-20-9-12/h3-9,17,23-24H,10H2,1-2H3/t17-/m0/s1. The van der Waals surface area contributed by atoms with Crippen LogP contribution in [-0.2, 0) is 16.1 Å². The van der Waals surface area contributed by atoms with Crippen LogP contribution in [0.1, 0.15) is 24.1 Å². The van der Waals surface area contributed by atoms with Crippen molar-refractivity contribution in [2.24, 2.45) is 0 Å². The van der Waals surface area contributed by atoms with Gasteiger partial charge >= 0.3 is 0 Å². The van der Waals surface area contributed by atoms with Crippen molar-refractivity contribution < 1.29 is 24.5 Å². The second-order valence-electron chi connectivity index (χ2n) is 5.95. The highest BCUT2D eigenvalue weighted by Gasteiger charge is 2.42. The molecule has 2 heterocycles. The highest BCUT2D eigenvalue weighted by atomic mass is 16.5. The summed E-state index contributed by atoms with van der Waals surface area (Å²) in [4.78, 5) is 30.1. The molecule has 1 aromatic carbocycles. The van der Waals surface area contributed by atoms with Gasteiger partial charge in [-0.25, -0.2) is 0 Å². The number of hydrogen-bond acceptors (Lipinski definition) is 6. The van der Waals surface area contributed by atoms with E-state index in [1.54, 1.807) is 36.7 Å². The van der Waals surface area contributed by atoms with E-state index in [1.807, 2.05) is 0 Å². The summed E-state index contributed by atoms with van der Waals surface area (Å²) in [5.41, 5.74) is 1.33. The third kappa shape index (κ3) is 2.99. The lowest BCUT2D eigenvalue weighted by atomic mass is 9.96. The third-order valence-electron chi connectivity index (χ3n) is 4.28. The van der Waals surface area contributed by atoms with Gasteiger partial charge in [0.05, 0.1) is 18.7 Å². The average Bonchev–Trinajstić information content (AvgIpc) is 2.88. The summed E-state index contributed by atoms with van der Waals surface area (Å²) >= 11 is 0. The molecule has 1 aromatic heterocycles. The van der Waals surface area contributed by atoms with Crippen LogP contribution in [-0.4, -0.2) is 38.9 Å². The molecule has 134 valence electrons. The van der Waals surface area contributed by atoms with Crippen molar-refractivity contribution in [3.63, 3.8) is 0 Å². The highest BCUT2D eigenvalue weighted by molar-refractivity contribution is 6.08. The fraction of sp³-hybridized carbons (Fsp3) is 0.211. The lowest BCUT2D eigenvalue weighted by Crippen LogP contribution is -2.30. The molecule has 3 rings (SSSR count). The third-order valence-corrected chi connectivity index (χ3v) is 4.28. The van der Waals surface area contributed by atoms with Crippen molar-refractivity contribution in [3.8, 4) is 11.5 Å². The Bertz CT molecular complexity index is 892. The van der Waals surface area contributed by atoms with Crippen LogP contribution in [0, 0.1) is 0 Å². The first-order valence-corrected chi connectivity index (χ1v) is 7.95. The average molecular weight is 354 g/mol. The molecule has 2 aromatic rings. The summed E-state index contributed by atoms with van der Waals surface area (Å²) in [5.74, 6) is -1.43. The van der Waals surface area contributed by atoms with E-state index in [2.05, 4.69) is 4.98 Å². The Kier molecular flexibility index (Phi) is 4.62. The monoisotopic (exact) mass is 354 g/mol. The van der Waals surface area contributed by atoms with Crippen LogP contribution in [0.3, 0.4) is 0 Å². The molecule has 0 saturated heterocycles. The number of hydrogen-bond donors (Lipinski definition) is 2. The number of pyridine rings is 1. The second-order valence-corrected chi connectivity index (χ2v) is 5.95. The molecule has 2 N–H and O–H groups in total. The zero-order valence-corrected chi connectivity index (χ0v) is 14.3. The number of phenols is 1. The van der Waals surface area contributed by atoms with Crippen LogP contribution in [0.5, 0.6) is 11.5 Å². The normalized spacial score (nSPS) is 16.9. The van der Waals surface area contributed by atoms with E-state index in [-0.39, 0.29) is 23.6 Å². The molecule has 0 fully saturated rings. The molecule has 1 amide bonds. The summed E-state index contributed by atoms with van der Waals surface area (Å²) in [6.45, 7) is 1.47. The Balaban J connectivity index is 2.08. The zero-order valence-electron chi connectivity index (χ0n) is 14.3. The van der Waals surface area contributed by atoms with E-state index in [0.717, 1.165) is 5.56 Å². The minimum Gasteiger partial charge on any atom is -0.504 e. The van der Waals surface area contributed by atoms with Gasteiger partial charge in [0.15, 0.2) is 23.0 Å². The van der Waals surface area contributed by atoms with E-state index in [4.69, 9.17) is 4.74 Å². The largest absolute Gasteiger partial charge is 0.504 e. The van der Waals surface area contributed by atoms with Gasteiger partial charge < -0.3 is 19.8 Å². The zero-order chi connectivity index (χ0) is 18.8. The molecule has 0 aliphatic carbocycles. The minimum absolute atomic E-state index is 0.0200. The SMILES string of the molecule is COc1cc([C@H]2C(C(C)=O)=C(O)C(=O)N2Cc2cccnc2)ccc1O. The van der Waals surface area contributed by atoms with Crippen molar-refractivity contribution in [2.75, 3.05) is 7.11 Å². The lowest BCUT2D eigenvalue weighted by Gasteiger charge is -2.27. The van der Waals surface area contributed by atoms with Gasteiger partial charge in [0.2, 0.25) is 0 Å². The van der Waals surface area contributed by atoms with Gasteiger partial charge in [-0.2, -0.15) is 0 Å². The summed E-state index contributed by atoms with van der Waals surface area (Å²) in [6.07, 6.45) is 3.24. The van der Waals surface area contributed by atoms with Gasteiger partial charge in [0.25, 0.3) is 5.91 Å². The van der Waals surface area contributed by atoms with Crippen molar-refractivity contribution in [3.05, 3.63) is 65.2 Å². The Morgan fingerprint density at radius 3 is 2.69 bits per heavy atom. The number of Topliss-reactive ketones (excluding diaryl/α,β-unsaturated/α-hetero) is 1. The van der Waals surface area contributed by atoms with Crippen LogP contribution >= 0.6 is 0 Å². The van der Waals surface area contributed by atoms with E-state index < -0.39 is 23.5 Å². The Hall–Kier alpha value is -3.35. The fourth-order valence-corrected chi connectivity index (χ4v) is 3.08. The van der Waals surface area contributed by atoms with Gasteiger partial charge in [-0.3, -0.25) is 14.6 Å². The Morgan fingerprint density at radius 2 is 2.08 bits per heavy atom. The predicted octanol–water partition coefficient (Wildman–Crippen LogP) is 2.28. The van der Waals surface area contributed by atoms with Gasteiger partial charge in [-0.05, 0) is 36.2 Å². The molecule has 1 aliphatic heterocycles. The summed E-state index contributed by atoms with van der Waals surface area (Å²) in [6, 6.07) is 7.33. The van der Waals surface area contributed by atoms with Crippen LogP contribution in [0.4, 0.5) is 0 Å². The number of aromatic hydroxyl groups is 1. The molecular weight excluding hydrogens is 336 g/mol. The predicted molar refractivity (Wildman–Crippen MR) is 92.5 cm³/mol. The van der Waals surface area contributed by atoms with Crippen LogP contribution in [0.15, 0.2) is 54.1 Å². The van der Waals surface area contributed by atoms with E-state index in [0.29, 0.717) is 5.56 Å². The number of amides is 1. The van der Waals surface area contributed by atoms with E-state index in [1.165, 1.54) is 25.0 Å². The van der Waals surface area contributed by atoms with Crippen molar-refractivity contribution in [1.82, 2.24) is 9.88 Å². The van der Waals surface area contributed by atoms with Crippen LogP contribution < -0.4 is 4.74 Å². The minimum atomic E-state index is -0.783. The van der Waals surface area contributed by atoms with Gasteiger partial charge in [-0.15, -0.1) is 0 Å². The molecule has 0 spiro atoms. The first kappa shape index (κ1) is 17.5. The number of nitrogens with zero attached hydrogens (tertiary/aromatic N) is 2. The Morgan fingerprint density at radius 1 is 1.31 bits per heavy atom. The molecule has 7 nitrogen and oxygen atoms in total. The maximum atomic E-state index is 12.6. The highest BCUT2D eigenvalue weighted by Crippen LogP contribution is 2.41. The van der Waals surface area contributed by atoms with E-state index in [9.17, 15) is 19.8 Å². The Labute approximate surface area is 150 Å². The molecule has 1 atom stereocenters. The summed E-state index contributed by atoms with van der Waals surface area (Å²) in [5, 5.41) is 20.1. The van der Waals surface area contributed by atoms with Gasteiger partial charge in [0.1, 0.15) is 0 Å².